The Bertz CT molecular complexity index is 1400. The van der Waals surface area contributed by atoms with Crippen molar-refractivity contribution in [3.8, 4) is 0 Å². The van der Waals surface area contributed by atoms with Crippen LogP contribution in [-0.2, 0) is 0 Å². The van der Waals surface area contributed by atoms with Crippen LogP contribution in [0.3, 0.4) is 0 Å². The summed E-state index contributed by atoms with van der Waals surface area (Å²) >= 11 is 0. The van der Waals surface area contributed by atoms with Crippen LogP contribution in [0.25, 0.3) is 59.9 Å². The van der Waals surface area contributed by atoms with Gasteiger partial charge in [0, 0.05) is 0 Å². The van der Waals surface area contributed by atoms with Crippen LogP contribution in [0.4, 0.5) is 0 Å². The van der Waals surface area contributed by atoms with Gasteiger partial charge >= 0.3 is 0 Å². The summed E-state index contributed by atoms with van der Waals surface area (Å²) in [6.45, 7) is 4.03. The molecule has 6 rings (SSSR count). The molecular weight excluding hydrogens is 288 g/mol. The molecule has 0 saturated carbocycles. The zero-order chi connectivity index (χ0) is 15.8. The molecule has 0 saturated heterocycles. The predicted octanol–water partition coefficient (Wildman–Crippen LogP) is 6.97. The van der Waals surface area contributed by atoms with E-state index in [4.69, 9.17) is 0 Å². The molecular formula is C24H14. The second kappa shape index (κ2) is 4.04. The maximum absolute atomic E-state index is 4.03. The fourth-order valence-electron chi connectivity index (χ4n) is 4.53. The van der Waals surface area contributed by atoms with Crippen LogP contribution in [0.15, 0.2) is 73.3 Å². The van der Waals surface area contributed by atoms with Gasteiger partial charge in [-0.05, 0) is 65.5 Å². The largest absolute Gasteiger partial charge is 0.0984 e. The van der Waals surface area contributed by atoms with Crippen molar-refractivity contribution in [1.82, 2.24) is 0 Å². The van der Waals surface area contributed by atoms with Crippen molar-refractivity contribution in [3.05, 3.63) is 78.9 Å². The highest BCUT2D eigenvalue weighted by Crippen LogP contribution is 2.45. The summed E-state index contributed by atoms with van der Waals surface area (Å²) in [6, 6.07) is 24.6. The second-order valence-electron chi connectivity index (χ2n) is 6.63. The third kappa shape index (κ3) is 1.27. The Hall–Kier alpha value is -3.12. The van der Waals surface area contributed by atoms with Crippen LogP contribution in [0.1, 0.15) is 5.56 Å². The van der Waals surface area contributed by atoms with Crippen LogP contribution in [0.2, 0.25) is 0 Å². The summed E-state index contributed by atoms with van der Waals surface area (Å²) in [6.07, 6.45) is 1.98. The van der Waals surface area contributed by atoms with Gasteiger partial charge in [0.1, 0.15) is 0 Å². The molecule has 0 heteroatoms. The van der Waals surface area contributed by atoms with E-state index in [0.29, 0.717) is 0 Å². The lowest BCUT2D eigenvalue weighted by atomic mass is 9.84. The normalized spacial score (nSPS) is 12.3. The van der Waals surface area contributed by atoms with Gasteiger partial charge < -0.3 is 0 Å². The van der Waals surface area contributed by atoms with Crippen molar-refractivity contribution in [3.63, 3.8) is 0 Å². The van der Waals surface area contributed by atoms with Gasteiger partial charge in [0.2, 0.25) is 0 Å². The Kier molecular flexibility index (Phi) is 2.07. The summed E-state index contributed by atoms with van der Waals surface area (Å²) in [4.78, 5) is 0. The van der Waals surface area contributed by atoms with Gasteiger partial charge in [-0.15, -0.1) is 0 Å². The summed E-state index contributed by atoms with van der Waals surface area (Å²) in [5, 5.41) is 13.5. The third-order valence-corrected chi connectivity index (χ3v) is 5.51. The second-order valence-corrected chi connectivity index (χ2v) is 6.63. The van der Waals surface area contributed by atoms with Crippen molar-refractivity contribution in [2.45, 2.75) is 0 Å². The molecule has 0 heterocycles. The van der Waals surface area contributed by atoms with E-state index in [1.807, 2.05) is 6.08 Å². The van der Waals surface area contributed by atoms with Gasteiger partial charge in [0.05, 0.1) is 0 Å². The van der Waals surface area contributed by atoms with Crippen LogP contribution >= 0.6 is 0 Å². The van der Waals surface area contributed by atoms with E-state index in [1.165, 1.54) is 59.4 Å². The number of fused-ring (bicyclic) bond motifs is 1. The first-order valence-electron chi connectivity index (χ1n) is 8.33. The van der Waals surface area contributed by atoms with E-state index in [1.54, 1.807) is 0 Å². The molecule has 0 fully saturated rings. The maximum Gasteiger partial charge on any atom is -0.00137 e. The fraction of sp³-hybridized carbons (Fsp3) is 0. The minimum Gasteiger partial charge on any atom is -0.0984 e. The molecule has 0 atom stereocenters. The summed E-state index contributed by atoms with van der Waals surface area (Å²) in [7, 11) is 0. The van der Waals surface area contributed by atoms with Gasteiger partial charge in [-0.1, -0.05) is 73.3 Å². The van der Waals surface area contributed by atoms with E-state index < -0.39 is 0 Å². The highest BCUT2D eigenvalue weighted by atomic mass is 14.2. The number of rotatable bonds is 1. The lowest BCUT2D eigenvalue weighted by Crippen LogP contribution is -1.91. The molecule has 24 heavy (non-hydrogen) atoms. The Labute approximate surface area is 139 Å². The van der Waals surface area contributed by atoms with Crippen molar-refractivity contribution in [2.24, 2.45) is 0 Å². The van der Waals surface area contributed by atoms with E-state index in [0.717, 1.165) is 0 Å². The molecule has 0 nitrogen and oxygen atoms in total. The standard InChI is InChI=1S/C24H14/c1-2-14-13-17-12-11-16-10-9-15-5-3-7-19-20-8-4-6-18(14)24(20)23(17)22(16)21(15)19/h2-13H,1H2. The van der Waals surface area contributed by atoms with Crippen LogP contribution < -0.4 is 0 Å². The minimum atomic E-state index is 1.21. The average Bonchev–Trinajstić information content (AvgIpc) is 2.65. The molecule has 0 unspecified atom stereocenters. The van der Waals surface area contributed by atoms with Crippen LogP contribution in [0.5, 0.6) is 0 Å². The smallest absolute Gasteiger partial charge is 0.00137 e. The Morgan fingerprint density at radius 2 is 1.12 bits per heavy atom. The van der Waals surface area contributed by atoms with E-state index in [9.17, 15) is 0 Å². The number of benzene rings is 6. The van der Waals surface area contributed by atoms with Crippen molar-refractivity contribution >= 4 is 59.9 Å². The van der Waals surface area contributed by atoms with Crippen LogP contribution in [-0.4, -0.2) is 0 Å². The number of hydrogen-bond donors (Lipinski definition) is 0. The molecule has 0 aromatic heterocycles. The van der Waals surface area contributed by atoms with E-state index in [-0.39, 0.29) is 0 Å². The summed E-state index contributed by atoms with van der Waals surface area (Å²) in [5.74, 6) is 0. The van der Waals surface area contributed by atoms with Gasteiger partial charge in [-0.2, -0.15) is 0 Å². The molecule has 0 radical (unpaired) electrons. The molecule has 0 bridgehead atoms. The van der Waals surface area contributed by atoms with E-state index in [2.05, 4.69) is 73.3 Å². The first kappa shape index (κ1) is 12.3. The van der Waals surface area contributed by atoms with Gasteiger partial charge in [0.25, 0.3) is 0 Å². The monoisotopic (exact) mass is 302 g/mol. The third-order valence-electron chi connectivity index (χ3n) is 5.51. The molecule has 6 aromatic rings. The van der Waals surface area contributed by atoms with Crippen LogP contribution in [0, 0.1) is 0 Å². The molecule has 0 N–H and O–H groups in total. The Balaban J connectivity index is 2.16. The van der Waals surface area contributed by atoms with Crippen molar-refractivity contribution in [1.29, 1.82) is 0 Å². The Morgan fingerprint density at radius 1 is 0.542 bits per heavy atom. The first-order valence-corrected chi connectivity index (χ1v) is 8.33. The van der Waals surface area contributed by atoms with Crippen molar-refractivity contribution < 1.29 is 0 Å². The maximum atomic E-state index is 4.03. The highest BCUT2D eigenvalue weighted by Gasteiger charge is 2.17. The van der Waals surface area contributed by atoms with Crippen molar-refractivity contribution in [2.75, 3.05) is 0 Å². The minimum absolute atomic E-state index is 1.21. The fourth-order valence-corrected chi connectivity index (χ4v) is 4.53. The number of hydrogen-bond acceptors (Lipinski definition) is 0. The summed E-state index contributed by atoms with van der Waals surface area (Å²) in [5.41, 5.74) is 1.21. The topological polar surface area (TPSA) is 0 Å². The molecule has 0 amide bonds. The zero-order valence-electron chi connectivity index (χ0n) is 13.1. The van der Waals surface area contributed by atoms with Gasteiger partial charge in [0.15, 0.2) is 0 Å². The molecule has 0 aliphatic rings. The molecule has 110 valence electrons. The lowest BCUT2D eigenvalue weighted by Gasteiger charge is -2.18. The quantitative estimate of drug-likeness (QED) is 0.227. The highest BCUT2D eigenvalue weighted by molar-refractivity contribution is 6.40. The predicted molar refractivity (Wildman–Crippen MR) is 106 cm³/mol. The Morgan fingerprint density at radius 3 is 1.92 bits per heavy atom. The molecule has 0 aliphatic carbocycles. The summed E-state index contributed by atoms with van der Waals surface area (Å²) < 4.78 is 0. The zero-order valence-corrected chi connectivity index (χ0v) is 13.1. The average molecular weight is 302 g/mol. The molecule has 0 aliphatic heterocycles. The molecule has 6 aromatic carbocycles. The SMILES string of the molecule is C=Cc1cc2ccc3ccc4cccc5c6cccc1c6c2c3c45. The van der Waals surface area contributed by atoms with Gasteiger partial charge in [-0.25, -0.2) is 0 Å². The molecule has 0 spiro atoms. The lowest BCUT2D eigenvalue weighted by molar-refractivity contribution is 1.77. The van der Waals surface area contributed by atoms with E-state index >= 15 is 0 Å². The first-order chi connectivity index (χ1) is 11.9. The van der Waals surface area contributed by atoms with Gasteiger partial charge in [-0.3, -0.25) is 0 Å².